The van der Waals surface area contributed by atoms with E-state index in [0.29, 0.717) is 24.4 Å². The maximum atomic E-state index is 12.2. The predicted octanol–water partition coefficient (Wildman–Crippen LogP) is 2.30. The van der Waals surface area contributed by atoms with Gasteiger partial charge in [0.05, 0.1) is 6.54 Å². The summed E-state index contributed by atoms with van der Waals surface area (Å²) in [4.78, 5) is 26.1. The Kier molecular flexibility index (Phi) is 4.14. The first kappa shape index (κ1) is 15.6. The first-order valence-corrected chi connectivity index (χ1v) is 7.33. The highest BCUT2D eigenvalue weighted by atomic mass is 32.1. The molecular weight excluding hydrogens is 284 g/mol. The minimum absolute atomic E-state index is 0.103. The third kappa shape index (κ3) is 3.47. The Balaban J connectivity index is 2.20. The molecule has 1 aromatic carbocycles. The van der Waals surface area contributed by atoms with Crippen molar-refractivity contribution in [1.82, 2.24) is 4.90 Å². The number of likely N-dealkylation sites (tertiary alicyclic amines) is 1. The zero-order valence-electron chi connectivity index (χ0n) is 12.6. The van der Waals surface area contributed by atoms with Gasteiger partial charge in [0.1, 0.15) is 4.99 Å². The monoisotopic (exact) mass is 304 g/mol. The number of piperidine rings is 1. The molecule has 1 aromatic rings. The molecule has 0 bridgehead atoms. The molecule has 0 spiro atoms. The number of rotatable bonds is 3. The van der Waals surface area contributed by atoms with Gasteiger partial charge in [0, 0.05) is 18.4 Å². The summed E-state index contributed by atoms with van der Waals surface area (Å²) in [6.45, 7) is 6.14. The van der Waals surface area contributed by atoms with Gasteiger partial charge in [-0.1, -0.05) is 38.2 Å². The van der Waals surface area contributed by atoms with E-state index in [1.807, 2.05) is 39.0 Å². The van der Waals surface area contributed by atoms with Crippen molar-refractivity contribution in [2.75, 3.05) is 0 Å². The van der Waals surface area contributed by atoms with Gasteiger partial charge in [-0.25, -0.2) is 0 Å². The topological polar surface area (TPSA) is 63.4 Å². The Labute approximate surface area is 130 Å². The van der Waals surface area contributed by atoms with Crippen LogP contribution in [0.1, 0.15) is 43.4 Å². The fourth-order valence-corrected chi connectivity index (χ4v) is 2.71. The van der Waals surface area contributed by atoms with Gasteiger partial charge in [0.25, 0.3) is 0 Å². The molecule has 0 radical (unpaired) electrons. The summed E-state index contributed by atoms with van der Waals surface area (Å²) in [5, 5.41) is 0. The van der Waals surface area contributed by atoms with Gasteiger partial charge in [-0.05, 0) is 29.5 Å². The fourth-order valence-electron chi connectivity index (χ4n) is 2.58. The molecule has 21 heavy (non-hydrogen) atoms. The molecule has 5 heteroatoms. The summed E-state index contributed by atoms with van der Waals surface area (Å²) in [7, 11) is 0. The molecule has 0 unspecified atom stereocenters. The lowest BCUT2D eigenvalue weighted by Crippen LogP contribution is -2.45. The molecule has 0 aromatic heterocycles. The van der Waals surface area contributed by atoms with Crippen molar-refractivity contribution >= 4 is 29.0 Å². The summed E-state index contributed by atoms with van der Waals surface area (Å²) >= 11 is 4.95. The Bertz CT molecular complexity index is 603. The molecule has 1 fully saturated rings. The summed E-state index contributed by atoms with van der Waals surface area (Å²) in [5.74, 6) is -0.205. The molecular formula is C16H20N2O2S. The highest BCUT2D eigenvalue weighted by molar-refractivity contribution is 7.80. The van der Waals surface area contributed by atoms with Crippen LogP contribution in [-0.2, 0) is 16.1 Å². The molecule has 1 saturated heterocycles. The van der Waals surface area contributed by atoms with Crippen LogP contribution in [0.4, 0.5) is 0 Å². The fraction of sp³-hybridized carbons (Fsp3) is 0.438. The lowest BCUT2D eigenvalue weighted by molar-refractivity contribution is -0.153. The largest absolute Gasteiger partial charge is 0.389 e. The van der Waals surface area contributed by atoms with Crippen LogP contribution in [0.3, 0.4) is 0 Å². The number of nitrogens with zero attached hydrogens (tertiary/aromatic N) is 1. The molecule has 4 nitrogen and oxygen atoms in total. The third-order valence-corrected chi connectivity index (χ3v) is 4.05. The van der Waals surface area contributed by atoms with Gasteiger partial charge in [0.15, 0.2) is 0 Å². The first-order chi connectivity index (χ1) is 9.69. The van der Waals surface area contributed by atoms with E-state index in [4.69, 9.17) is 18.0 Å². The summed E-state index contributed by atoms with van der Waals surface area (Å²) in [6, 6.07) is 5.60. The van der Waals surface area contributed by atoms with E-state index in [-0.39, 0.29) is 17.2 Å². The van der Waals surface area contributed by atoms with Gasteiger partial charge >= 0.3 is 0 Å². The van der Waals surface area contributed by atoms with Crippen molar-refractivity contribution < 1.29 is 9.59 Å². The van der Waals surface area contributed by atoms with Crippen LogP contribution >= 0.6 is 12.2 Å². The van der Waals surface area contributed by atoms with Crippen LogP contribution in [0.15, 0.2) is 18.2 Å². The molecule has 2 amide bonds. The van der Waals surface area contributed by atoms with Crippen LogP contribution in [0.25, 0.3) is 0 Å². The van der Waals surface area contributed by atoms with Crippen molar-refractivity contribution in [3.8, 4) is 0 Å². The molecule has 2 N–H and O–H groups in total. The van der Waals surface area contributed by atoms with Gasteiger partial charge in [-0.15, -0.1) is 0 Å². The second-order valence-corrected chi connectivity index (χ2v) is 6.84. The van der Waals surface area contributed by atoms with E-state index in [0.717, 1.165) is 16.7 Å². The van der Waals surface area contributed by atoms with Crippen LogP contribution in [-0.4, -0.2) is 21.7 Å². The summed E-state index contributed by atoms with van der Waals surface area (Å²) in [5.41, 5.74) is 8.08. The molecule has 0 saturated carbocycles. The van der Waals surface area contributed by atoms with Crippen molar-refractivity contribution in [1.29, 1.82) is 0 Å². The first-order valence-electron chi connectivity index (χ1n) is 6.92. The molecule has 0 aliphatic carbocycles. The quantitative estimate of drug-likeness (QED) is 0.687. The second-order valence-electron chi connectivity index (χ2n) is 6.40. The van der Waals surface area contributed by atoms with E-state index in [2.05, 4.69) is 0 Å². The number of amides is 2. The summed E-state index contributed by atoms with van der Waals surface area (Å²) in [6.07, 6.45) is 0.811. The number of nitrogens with two attached hydrogens (primary N) is 1. The zero-order valence-corrected chi connectivity index (χ0v) is 13.4. The van der Waals surface area contributed by atoms with Gasteiger partial charge in [-0.2, -0.15) is 0 Å². The average Bonchev–Trinajstić information content (AvgIpc) is 2.33. The number of imide groups is 1. The highest BCUT2D eigenvalue weighted by Gasteiger charge is 2.37. The zero-order chi connectivity index (χ0) is 15.8. The third-order valence-electron chi connectivity index (χ3n) is 3.82. The molecule has 1 aliphatic rings. The number of hydrogen-bond acceptors (Lipinski definition) is 3. The van der Waals surface area contributed by atoms with Gasteiger partial charge < -0.3 is 5.73 Å². The minimum Gasteiger partial charge on any atom is -0.389 e. The standard InChI is InChI=1S/C16H20N2O2S/c1-10-6-11(15(17)21)4-5-12(10)9-18-13(19)7-16(2,3)8-14(18)20/h4-6H,7-9H2,1-3H3,(H2,17,21). The van der Waals surface area contributed by atoms with E-state index in [1.165, 1.54) is 4.90 Å². The smallest absolute Gasteiger partial charge is 0.230 e. The lowest BCUT2D eigenvalue weighted by atomic mass is 9.81. The number of carbonyl (C=O) groups is 2. The number of benzene rings is 1. The number of thiocarbonyl (C=S) groups is 1. The maximum absolute atomic E-state index is 12.2. The molecule has 1 aliphatic heterocycles. The highest BCUT2D eigenvalue weighted by Crippen LogP contribution is 2.32. The molecule has 0 atom stereocenters. The number of carbonyl (C=O) groups excluding carboxylic acids is 2. The second kappa shape index (κ2) is 5.56. The van der Waals surface area contributed by atoms with Crippen molar-refractivity contribution in [3.63, 3.8) is 0 Å². The van der Waals surface area contributed by atoms with E-state index in [1.54, 1.807) is 0 Å². The van der Waals surface area contributed by atoms with Crippen LogP contribution in [0, 0.1) is 12.3 Å². The Morgan fingerprint density at radius 3 is 2.33 bits per heavy atom. The maximum Gasteiger partial charge on any atom is 0.230 e. The number of aryl methyl sites for hydroxylation is 1. The van der Waals surface area contributed by atoms with Gasteiger partial charge in [-0.3, -0.25) is 14.5 Å². The SMILES string of the molecule is Cc1cc(C(N)=S)ccc1CN1C(=O)CC(C)(C)CC1=O. The lowest BCUT2D eigenvalue weighted by Gasteiger charge is -2.35. The normalized spacial score (nSPS) is 18.0. The van der Waals surface area contributed by atoms with E-state index >= 15 is 0 Å². The molecule has 112 valence electrons. The Hall–Kier alpha value is -1.75. The predicted molar refractivity (Wildman–Crippen MR) is 85.6 cm³/mol. The van der Waals surface area contributed by atoms with Crippen LogP contribution < -0.4 is 5.73 Å². The molecule has 2 rings (SSSR count). The van der Waals surface area contributed by atoms with E-state index in [9.17, 15) is 9.59 Å². The average molecular weight is 304 g/mol. The van der Waals surface area contributed by atoms with Gasteiger partial charge in [0.2, 0.25) is 11.8 Å². The van der Waals surface area contributed by atoms with Crippen molar-refractivity contribution in [3.05, 3.63) is 34.9 Å². The van der Waals surface area contributed by atoms with Crippen LogP contribution in [0.5, 0.6) is 0 Å². The molecule has 1 heterocycles. The van der Waals surface area contributed by atoms with E-state index < -0.39 is 0 Å². The van der Waals surface area contributed by atoms with Crippen LogP contribution in [0.2, 0.25) is 0 Å². The Morgan fingerprint density at radius 2 is 1.86 bits per heavy atom. The minimum atomic E-state index is -0.241. The van der Waals surface area contributed by atoms with Crippen molar-refractivity contribution in [2.45, 2.75) is 40.2 Å². The number of hydrogen-bond donors (Lipinski definition) is 1. The van der Waals surface area contributed by atoms with Crippen molar-refractivity contribution in [2.24, 2.45) is 11.1 Å². The summed E-state index contributed by atoms with van der Waals surface area (Å²) < 4.78 is 0. The Morgan fingerprint density at radius 1 is 1.29 bits per heavy atom.